The van der Waals surface area contributed by atoms with Gasteiger partial charge in [-0.3, -0.25) is 9.59 Å². The summed E-state index contributed by atoms with van der Waals surface area (Å²) in [5, 5.41) is 72.4. The Kier molecular flexibility index (Phi) is 207. The molecule has 900 valence electrons. The van der Waals surface area contributed by atoms with Gasteiger partial charge >= 0.3 is 0 Å². The van der Waals surface area contributed by atoms with Crippen molar-refractivity contribution in [1.29, 1.82) is 0 Å². The lowest BCUT2D eigenvalue weighted by Crippen LogP contribution is -2.17. The molecule has 10 atom stereocenters. The van der Waals surface area contributed by atoms with Crippen LogP contribution in [0.15, 0.2) is 85.1 Å². The van der Waals surface area contributed by atoms with Crippen LogP contribution in [0.2, 0.25) is 0 Å². The van der Waals surface area contributed by atoms with E-state index in [1.807, 2.05) is 85.8 Å². The maximum Gasteiger partial charge on any atom is 0.268 e. The zero-order valence-corrected chi connectivity index (χ0v) is 101. The van der Waals surface area contributed by atoms with Crippen molar-refractivity contribution in [3.05, 3.63) is 85.1 Å². The van der Waals surface area contributed by atoms with Gasteiger partial charge in [-0.15, -0.1) is 17.8 Å². The van der Waals surface area contributed by atoms with Crippen molar-refractivity contribution in [3.8, 4) is 23.7 Å². The minimum atomic E-state index is -2.70. The van der Waals surface area contributed by atoms with Gasteiger partial charge < -0.3 is 121 Å². The number of carbonyl (C=O) groups is 2. The number of ketones is 2. The Labute approximate surface area is 912 Å². The lowest BCUT2D eigenvalue weighted by Gasteiger charge is -2.13. The quantitative estimate of drug-likeness (QED) is 0.00922. The molecule has 0 saturated heterocycles. The molecule has 1 fully saturated rings. The minimum absolute atomic E-state index is 0.0314. The number of ether oxygens (including phenoxy) is 17. The van der Waals surface area contributed by atoms with Gasteiger partial charge in [-0.05, 0) is 176 Å². The van der Waals surface area contributed by atoms with Crippen LogP contribution in [0.5, 0.6) is 0 Å². The van der Waals surface area contributed by atoms with Crippen LogP contribution in [0.3, 0.4) is 0 Å². The second-order valence-corrected chi connectivity index (χ2v) is 33.6. The number of allylic oxidation sites excluding steroid dienone is 10. The van der Waals surface area contributed by atoms with Crippen molar-refractivity contribution in [2.24, 2.45) is 11.8 Å². The summed E-state index contributed by atoms with van der Waals surface area (Å²) in [7, 11) is 26.0. The van der Waals surface area contributed by atoms with E-state index < -0.39 is 24.1 Å². The molecule has 0 amide bonds. The van der Waals surface area contributed by atoms with Gasteiger partial charge in [0.05, 0.1) is 102 Å². The van der Waals surface area contributed by atoms with Gasteiger partial charge in [0, 0.05) is 231 Å². The Morgan fingerprint density at radius 3 is 1.21 bits per heavy atom. The number of rotatable bonds is 71. The molecule has 1 saturated carbocycles. The lowest BCUT2D eigenvalue weighted by atomic mass is 10.1. The smallest absolute Gasteiger partial charge is 0.268 e. The SMILES string of the molecule is C/C=C/C(=O)CCOC.C/C=C/C(F)(F)CCOC.C/C=C/C(O)CCCC.C/C=C/C(O)CCOC.C/C=C/C(O)COC.C/C=C/CC(O)COC.C/C=C/CCCOC.CC#CC(O)CCOC.CC#CCCCOC.CCCC(=O)CCOC.CCCC(F)(F)CCOC.CCCC(O)CCOC.CCCCC(O)COC.CCCCCCOC.CCCCCOC.CCCOCCOC.COCCC(O)C1CC1C. The first kappa shape index (κ1) is 180. The van der Waals surface area contributed by atoms with Gasteiger partial charge in [0.1, 0.15) is 11.9 Å². The molecule has 10 unspecified atom stereocenters. The summed E-state index contributed by atoms with van der Waals surface area (Å²) < 4.78 is 131. The monoisotopic (exact) mass is 2160 g/mol. The second-order valence-electron chi connectivity index (χ2n) is 33.6. The van der Waals surface area contributed by atoms with Crippen LogP contribution >= 0.6 is 0 Å². The van der Waals surface area contributed by atoms with E-state index in [4.69, 9.17) is 102 Å². The number of methoxy groups -OCH3 is 16. The molecule has 0 aromatic heterocycles. The summed E-state index contributed by atoms with van der Waals surface area (Å²) >= 11 is 0. The molecule has 0 spiro atoms. The third-order valence-corrected chi connectivity index (χ3v) is 18.8. The number of Topliss-reactive ketones (excluding diaryl/α,β-unsaturated/α-hetero) is 1. The topological polar surface area (TPSA) is 353 Å². The van der Waals surface area contributed by atoms with Crippen LogP contribution < -0.4 is 0 Å². The van der Waals surface area contributed by atoms with Crippen LogP contribution in [-0.2, 0) is 90.1 Å². The Morgan fingerprint density at radius 2 is 0.785 bits per heavy atom. The number of alkyl halides is 4. The van der Waals surface area contributed by atoms with E-state index in [2.05, 4.69) is 98.5 Å². The molecule has 0 aliphatic heterocycles. The molecule has 0 bridgehead atoms. The minimum Gasteiger partial charge on any atom is -0.393 e. The molecular formula is C118H238F4O27. The summed E-state index contributed by atoms with van der Waals surface area (Å²) in [5.74, 6) is 7.51. The third-order valence-electron chi connectivity index (χ3n) is 18.8. The van der Waals surface area contributed by atoms with E-state index in [1.165, 1.54) is 71.7 Å². The van der Waals surface area contributed by atoms with E-state index in [9.17, 15) is 32.3 Å². The molecule has 149 heavy (non-hydrogen) atoms. The molecule has 8 N–H and O–H groups in total. The average molecular weight is 2170 g/mol. The molecule has 27 nitrogen and oxygen atoms in total. The highest BCUT2D eigenvalue weighted by Gasteiger charge is 2.38. The van der Waals surface area contributed by atoms with Gasteiger partial charge in [-0.1, -0.05) is 212 Å². The van der Waals surface area contributed by atoms with Crippen LogP contribution in [0.1, 0.15) is 343 Å². The number of aliphatic hydroxyl groups is 8. The Balaban J connectivity index is -0.0000000902. The van der Waals surface area contributed by atoms with Crippen molar-refractivity contribution in [1.82, 2.24) is 0 Å². The van der Waals surface area contributed by atoms with Crippen LogP contribution in [0, 0.1) is 35.5 Å². The van der Waals surface area contributed by atoms with E-state index in [-0.39, 0.29) is 74.9 Å². The number of hydrogen-bond acceptors (Lipinski definition) is 27. The largest absolute Gasteiger partial charge is 0.393 e. The lowest BCUT2D eigenvalue weighted by molar-refractivity contribution is -0.120. The summed E-state index contributed by atoms with van der Waals surface area (Å²) in [6.07, 6.45) is 52.1. The summed E-state index contributed by atoms with van der Waals surface area (Å²) in [6.45, 7) is 46.3. The first-order chi connectivity index (χ1) is 71.3. The highest BCUT2D eigenvalue weighted by atomic mass is 19.3. The second kappa shape index (κ2) is 171. The van der Waals surface area contributed by atoms with Crippen LogP contribution in [-0.4, -0.2) is 346 Å². The molecule has 0 aromatic rings. The number of unbranched alkanes of at least 4 members (excludes halogenated alkanes) is 9. The molecule has 0 aromatic carbocycles. The predicted molar refractivity (Wildman–Crippen MR) is 614 cm³/mol. The van der Waals surface area contributed by atoms with Crippen molar-refractivity contribution >= 4 is 11.6 Å². The van der Waals surface area contributed by atoms with Crippen molar-refractivity contribution < 1.29 is 149 Å². The maximum atomic E-state index is 12.5. The first-order valence-electron chi connectivity index (χ1n) is 54.2. The molecule has 0 radical (unpaired) electrons. The number of halogens is 4. The van der Waals surface area contributed by atoms with E-state index in [0.29, 0.717) is 123 Å². The highest BCUT2D eigenvalue weighted by Crippen LogP contribution is 2.41. The van der Waals surface area contributed by atoms with Crippen molar-refractivity contribution in [2.45, 2.75) is 404 Å². The average Bonchev–Trinajstić information content (AvgIpc) is 1.69. The van der Waals surface area contributed by atoms with E-state index >= 15 is 0 Å². The Hall–Kier alpha value is -4.64. The summed E-state index contributed by atoms with van der Waals surface area (Å²) in [5.41, 5.74) is 0. The molecular weight excluding hydrogens is 1930 g/mol. The number of hydrogen-bond donors (Lipinski definition) is 8. The highest BCUT2D eigenvalue weighted by molar-refractivity contribution is 5.89. The fourth-order valence-electron chi connectivity index (χ4n) is 10.4. The number of carbonyl (C=O) groups excluding carboxylic acids is 2. The first-order valence-corrected chi connectivity index (χ1v) is 54.2. The summed E-state index contributed by atoms with van der Waals surface area (Å²) in [6, 6.07) is 0. The van der Waals surface area contributed by atoms with Crippen molar-refractivity contribution in [2.75, 3.05) is 233 Å². The zero-order chi connectivity index (χ0) is 117. The molecule has 1 aliphatic carbocycles. The van der Waals surface area contributed by atoms with Crippen LogP contribution in [0.4, 0.5) is 17.6 Å². The van der Waals surface area contributed by atoms with Gasteiger partial charge in [-0.2, -0.15) is 0 Å². The molecule has 0 heterocycles. The van der Waals surface area contributed by atoms with E-state index in [1.54, 1.807) is 151 Å². The standard InChI is InChI=1S/C8H16O2.C8H16O.C7H14F2O.C7H12F2O.C7H16O2.2C7H14O2.2C7H12O2.C7H16O2.C7H14O2.C7H16O.C7H14O.C7H12O.C6H14O2.C6H12O2.C6H14O/c1-6-5-7(6)8(9)3-4-10-2;1-3-5-7-8(9)6-4-2;2*1-3-4-7(8,9)5-6-10-2;5*1-3-4-7(8)5-6-9-2;2*1-3-4-5-7(8)6-9-2;3*1-3-4-5-6-7-8-2;1-3-4-8-6-5-7-2;1-3-4-6(7)5-8-2;1-3-4-5-6-7-2/h6-9H,3-5H2,1-2H3;4,6,8-9H,3,5,7H2,1-2H3;3-6H2,1-2H3;3-4H,5-6H2,1-2H3;7-8H,3-6H2,1-2H3;3-6H2,1-2H3;3-4,7-8H,5-6H2,1-2H3;7-8H,5-6H2,1-2H3;3-4H,5-6H2,1-2H3;7-8H,3-6H2,1-2H3;3-4,7-8H,5-6H2,1-2H3;3-7H2,1-2H3;3-4H,5-7H2,1-2H3;5-7H2,1-2H3;3-6H2,1-2H3;3-4,6-7H,5H2,1-2H3;3-6H2,1-2H3/b;6-4+;;4-3+;;;4-3+;;4-3+;;4-3+;;4-3+;;;4-3+;. The Bertz CT molecular complexity index is 2610. The molecule has 31 heteroatoms. The van der Waals surface area contributed by atoms with Gasteiger partial charge in [0.25, 0.3) is 5.92 Å². The third kappa shape index (κ3) is 223. The molecule has 1 rings (SSSR count). The van der Waals surface area contributed by atoms with Gasteiger partial charge in [0.2, 0.25) is 5.92 Å². The zero-order valence-electron chi connectivity index (χ0n) is 101. The normalized spacial score (nSPS) is 13.4. The van der Waals surface area contributed by atoms with E-state index in [0.717, 1.165) is 154 Å². The predicted octanol–water partition coefficient (Wildman–Crippen LogP) is 24.2. The maximum absolute atomic E-state index is 12.5. The van der Waals surface area contributed by atoms with Crippen LogP contribution in [0.25, 0.3) is 0 Å². The Morgan fingerprint density at radius 1 is 0.349 bits per heavy atom. The van der Waals surface area contributed by atoms with Crippen molar-refractivity contribution in [3.63, 3.8) is 0 Å². The fourth-order valence-corrected chi connectivity index (χ4v) is 10.4. The fraction of sp³-hybridized carbons (Fsp3) is 0.831. The summed E-state index contributed by atoms with van der Waals surface area (Å²) in [4.78, 5) is 21.4. The molecule has 1 aliphatic rings. The van der Waals surface area contributed by atoms with Gasteiger partial charge in [0.15, 0.2) is 5.78 Å². The van der Waals surface area contributed by atoms with Gasteiger partial charge in [-0.25, -0.2) is 17.6 Å². The number of aliphatic hydroxyl groups excluding tert-OH is 8.